The van der Waals surface area contributed by atoms with Crippen molar-refractivity contribution in [2.24, 2.45) is 11.3 Å². The highest BCUT2D eigenvalue weighted by Gasteiger charge is 2.65. The van der Waals surface area contributed by atoms with Gasteiger partial charge in [-0.1, -0.05) is 56.1 Å². The molecule has 37 heavy (non-hydrogen) atoms. The fourth-order valence-electron chi connectivity index (χ4n) is 6.93. The van der Waals surface area contributed by atoms with Crippen molar-refractivity contribution < 1.29 is 19.1 Å². The van der Waals surface area contributed by atoms with Crippen molar-refractivity contribution in [2.75, 3.05) is 5.32 Å². The molecule has 2 aliphatic heterocycles. The monoisotopic (exact) mass is 546 g/mol. The number of Topliss-reactive ketones (excluding diaryl/α,β-unsaturated/α-hetero) is 1. The van der Waals surface area contributed by atoms with E-state index in [9.17, 15) is 19.1 Å². The standard InChI is InChI=1S/C29H33Cl2FN2O3/c1-27(2,3)14-23-29(18-10-20(32)19(31)11-21(18)33-26(29)36)24(16-6-5-7-17(30)9-16)25(34-23)22(35)8-15-12-28(4,37)13-15/h5-7,9-11,15,23-25,34,37H,8,12-14H2,1-4H3,(H,33,36)/t15?,23-,24-,25-,28?,29+/m0/s1. The molecule has 2 aromatic carbocycles. The maximum Gasteiger partial charge on any atom is 0.237 e. The molecule has 2 fully saturated rings. The van der Waals surface area contributed by atoms with Crippen LogP contribution in [0, 0.1) is 17.2 Å². The summed E-state index contributed by atoms with van der Waals surface area (Å²) in [6.07, 6.45) is 2.00. The lowest BCUT2D eigenvalue weighted by Crippen LogP contribution is -2.49. The highest BCUT2D eigenvalue weighted by molar-refractivity contribution is 6.31. The Bertz CT molecular complexity index is 1270. The van der Waals surface area contributed by atoms with Crippen molar-refractivity contribution in [3.63, 3.8) is 0 Å². The number of anilines is 1. The van der Waals surface area contributed by atoms with E-state index >= 15 is 0 Å². The summed E-state index contributed by atoms with van der Waals surface area (Å²) in [4.78, 5) is 28.0. The van der Waals surface area contributed by atoms with E-state index in [1.165, 1.54) is 12.1 Å². The number of nitrogens with one attached hydrogen (secondary N) is 2. The van der Waals surface area contributed by atoms with Gasteiger partial charge in [0, 0.05) is 29.1 Å². The molecule has 1 saturated carbocycles. The lowest BCUT2D eigenvalue weighted by atomic mass is 9.61. The number of aliphatic hydroxyl groups is 1. The van der Waals surface area contributed by atoms with E-state index in [-0.39, 0.29) is 28.0 Å². The number of rotatable bonds is 5. The number of benzene rings is 2. The van der Waals surface area contributed by atoms with Gasteiger partial charge in [-0.3, -0.25) is 9.59 Å². The van der Waals surface area contributed by atoms with Gasteiger partial charge in [-0.15, -0.1) is 0 Å². The largest absolute Gasteiger partial charge is 0.390 e. The molecule has 1 spiro atoms. The van der Waals surface area contributed by atoms with E-state index in [0.29, 0.717) is 42.0 Å². The fraction of sp³-hybridized carbons (Fsp3) is 0.517. The molecule has 0 bridgehead atoms. The second kappa shape index (κ2) is 9.04. The third kappa shape index (κ3) is 4.60. The summed E-state index contributed by atoms with van der Waals surface area (Å²) in [5.74, 6) is -1.44. The lowest BCUT2D eigenvalue weighted by Gasteiger charge is -2.41. The Hall–Kier alpha value is -1.99. The van der Waals surface area contributed by atoms with Crippen molar-refractivity contribution in [3.8, 4) is 0 Å². The van der Waals surface area contributed by atoms with Crippen LogP contribution in [0.4, 0.5) is 10.1 Å². The number of ketones is 1. The van der Waals surface area contributed by atoms with Gasteiger partial charge in [-0.25, -0.2) is 4.39 Å². The first-order valence-corrected chi connectivity index (χ1v) is 13.5. The van der Waals surface area contributed by atoms with Crippen LogP contribution >= 0.6 is 23.2 Å². The first-order valence-electron chi connectivity index (χ1n) is 12.8. The maximum absolute atomic E-state index is 14.9. The van der Waals surface area contributed by atoms with Crippen LogP contribution in [0.25, 0.3) is 0 Å². The number of halogens is 3. The normalized spacial score (nSPS) is 32.8. The second-order valence-corrected chi connectivity index (χ2v) is 13.4. The van der Waals surface area contributed by atoms with Crippen molar-refractivity contribution in [2.45, 2.75) is 82.4 Å². The molecule has 0 aromatic heterocycles. The van der Waals surface area contributed by atoms with E-state index in [2.05, 4.69) is 31.4 Å². The SMILES string of the molecule is CC(C)(C)C[C@@H]1N[C@@H](C(=O)CC2CC(C)(O)C2)[C@H](c2cccc(Cl)c2)[C@]12C(=O)Nc1cc(Cl)c(F)cc12. The average Bonchev–Trinajstić information content (AvgIpc) is 3.22. The molecular formula is C29H33Cl2FN2O3. The Morgan fingerprint density at radius 2 is 1.89 bits per heavy atom. The lowest BCUT2D eigenvalue weighted by molar-refractivity contribution is -0.126. The molecule has 0 radical (unpaired) electrons. The number of fused-ring (bicyclic) bond motifs is 2. The maximum atomic E-state index is 14.9. The highest BCUT2D eigenvalue weighted by atomic mass is 35.5. The Balaban J connectivity index is 1.68. The average molecular weight is 547 g/mol. The number of hydrogen-bond acceptors (Lipinski definition) is 4. The van der Waals surface area contributed by atoms with Gasteiger partial charge in [0.25, 0.3) is 0 Å². The zero-order valence-electron chi connectivity index (χ0n) is 21.5. The van der Waals surface area contributed by atoms with Crippen LogP contribution in [0.2, 0.25) is 10.0 Å². The van der Waals surface area contributed by atoms with Crippen LogP contribution in [-0.2, 0) is 15.0 Å². The molecule has 2 heterocycles. The molecule has 8 heteroatoms. The zero-order chi connectivity index (χ0) is 26.9. The summed E-state index contributed by atoms with van der Waals surface area (Å²) in [7, 11) is 0. The van der Waals surface area contributed by atoms with Gasteiger partial charge >= 0.3 is 0 Å². The van der Waals surface area contributed by atoms with E-state index in [1.807, 2.05) is 12.1 Å². The number of carbonyl (C=O) groups excluding carboxylic acids is 2. The molecule has 3 N–H and O–H groups in total. The smallest absolute Gasteiger partial charge is 0.237 e. The van der Waals surface area contributed by atoms with Gasteiger partial charge in [-0.2, -0.15) is 0 Å². The second-order valence-electron chi connectivity index (χ2n) is 12.6. The molecule has 1 amide bonds. The Morgan fingerprint density at radius 1 is 1.19 bits per heavy atom. The zero-order valence-corrected chi connectivity index (χ0v) is 23.0. The van der Waals surface area contributed by atoms with Crippen molar-refractivity contribution in [1.29, 1.82) is 0 Å². The van der Waals surface area contributed by atoms with Gasteiger partial charge in [0.2, 0.25) is 5.91 Å². The topological polar surface area (TPSA) is 78.4 Å². The van der Waals surface area contributed by atoms with E-state index in [1.54, 1.807) is 19.1 Å². The van der Waals surface area contributed by atoms with Gasteiger partial charge in [-0.05, 0) is 72.9 Å². The molecule has 0 unspecified atom stereocenters. The van der Waals surface area contributed by atoms with Crippen molar-refractivity contribution in [3.05, 3.63) is 63.4 Å². The van der Waals surface area contributed by atoms with E-state index in [4.69, 9.17) is 23.2 Å². The number of carbonyl (C=O) groups is 2. The first kappa shape index (κ1) is 26.6. The summed E-state index contributed by atoms with van der Waals surface area (Å²) >= 11 is 12.5. The third-order valence-electron chi connectivity index (χ3n) is 8.20. The molecule has 5 rings (SSSR count). The Labute approximate surface area is 227 Å². The van der Waals surface area contributed by atoms with Crippen LogP contribution in [-0.4, -0.2) is 34.5 Å². The molecule has 2 aromatic rings. The van der Waals surface area contributed by atoms with E-state index in [0.717, 1.165) is 5.56 Å². The number of hydrogen-bond donors (Lipinski definition) is 3. The Morgan fingerprint density at radius 3 is 2.51 bits per heavy atom. The van der Waals surface area contributed by atoms with Gasteiger partial charge < -0.3 is 15.7 Å². The predicted molar refractivity (Wildman–Crippen MR) is 144 cm³/mol. The fourth-order valence-corrected chi connectivity index (χ4v) is 7.29. The summed E-state index contributed by atoms with van der Waals surface area (Å²) in [6.45, 7) is 8.03. The minimum atomic E-state index is -1.25. The van der Waals surface area contributed by atoms with Crippen LogP contribution < -0.4 is 10.6 Å². The van der Waals surface area contributed by atoms with Gasteiger partial charge in [0.15, 0.2) is 5.78 Å². The molecule has 3 aliphatic rings. The molecular weight excluding hydrogens is 514 g/mol. The summed E-state index contributed by atoms with van der Waals surface area (Å²) in [5.41, 5.74) is -0.460. The van der Waals surface area contributed by atoms with Crippen molar-refractivity contribution in [1.82, 2.24) is 5.32 Å². The summed E-state index contributed by atoms with van der Waals surface area (Å²) in [6, 6.07) is 8.90. The number of amides is 1. The first-order chi connectivity index (χ1) is 17.2. The molecule has 198 valence electrons. The predicted octanol–water partition coefficient (Wildman–Crippen LogP) is 6.00. The minimum Gasteiger partial charge on any atom is -0.390 e. The van der Waals surface area contributed by atoms with E-state index < -0.39 is 34.8 Å². The van der Waals surface area contributed by atoms with Crippen LogP contribution in [0.3, 0.4) is 0 Å². The quantitative estimate of drug-likeness (QED) is 0.429. The van der Waals surface area contributed by atoms with Crippen LogP contribution in [0.5, 0.6) is 0 Å². The molecule has 1 saturated heterocycles. The van der Waals surface area contributed by atoms with Crippen molar-refractivity contribution >= 4 is 40.6 Å². The third-order valence-corrected chi connectivity index (χ3v) is 8.73. The minimum absolute atomic E-state index is 0.0167. The summed E-state index contributed by atoms with van der Waals surface area (Å²) < 4.78 is 14.9. The highest BCUT2D eigenvalue weighted by Crippen LogP contribution is 2.57. The molecule has 5 nitrogen and oxygen atoms in total. The molecule has 1 aliphatic carbocycles. The molecule has 4 atom stereocenters. The van der Waals surface area contributed by atoms with Crippen LogP contribution in [0.1, 0.15) is 70.4 Å². The summed E-state index contributed by atoms with van der Waals surface area (Å²) in [5, 5.41) is 17.1. The van der Waals surface area contributed by atoms with Crippen LogP contribution in [0.15, 0.2) is 36.4 Å². The van der Waals surface area contributed by atoms with Gasteiger partial charge in [0.05, 0.1) is 16.7 Å². The van der Waals surface area contributed by atoms with Gasteiger partial charge in [0.1, 0.15) is 11.2 Å². The Kier molecular flexibility index (Phi) is 6.51.